The summed E-state index contributed by atoms with van der Waals surface area (Å²) in [6.45, 7) is 0.660. The molecule has 4 nitrogen and oxygen atoms in total. The standard InChI is InChI=1S/C14H14BrClN4/c1-20(8-9-3-2-4-10(15)7-9)14-12(16)11(13(17)18)5-6-19-14/h2-7H,8H2,1H3,(H3,17,18). The van der Waals surface area contributed by atoms with E-state index >= 15 is 0 Å². The first-order valence-corrected chi connectivity index (χ1v) is 7.10. The Morgan fingerprint density at radius 2 is 2.20 bits per heavy atom. The van der Waals surface area contributed by atoms with Gasteiger partial charge < -0.3 is 10.6 Å². The molecular weight excluding hydrogens is 340 g/mol. The molecule has 2 rings (SSSR count). The Kier molecular flexibility index (Phi) is 4.62. The summed E-state index contributed by atoms with van der Waals surface area (Å²) in [6, 6.07) is 9.67. The van der Waals surface area contributed by atoms with E-state index in [9.17, 15) is 0 Å². The Bertz CT molecular complexity index is 645. The molecule has 0 atom stereocenters. The Morgan fingerprint density at radius 3 is 2.85 bits per heavy atom. The summed E-state index contributed by atoms with van der Waals surface area (Å²) in [5.74, 6) is 0.550. The van der Waals surface area contributed by atoms with Crippen LogP contribution in [0.25, 0.3) is 0 Å². The third kappa shape index (κ3) is 3.29. The minimum absolute atomic E-state index is 0.0606. The summed E-state index contributed by atoms with van der Waals surface area (Å²) in [5, 5.41) is 7.90. The lowest BCUT2D eigenvalue weighted by Gasteiger charge is -2.20. The summed E-state index contributed by atoms with van der Waals surface area (Å²) >= 11 is 9.71. The normalized spacial score (nSPS) is 10.3. The maximum atomic E-state index is 7.50. The molecule has 2 aromatic rings. The molecule has 0 saturated carbocycles. The van der Waals surface area contributed by atoms with Crippen LogP contribution in [-0.4, -0.2) is 17.9 Å². The fraction of sp³-hybridized carbons (Fsp3) is 0.143. The number of amidine groups is 1. The second-order valence-corrected chi connectivity index (χ2v) is 5.69. The molecule has 6 heteroatoms. The summed E-state index contributed by atoms with van der Waals surface area (Å²) in [7, 11) is 1.90. The fourth-order valence-electron chi connectivity index (χ4n) is 1.89. The Morgan fingerprint density at radius 1 is 1.45 bits per heavy atom. The highest BCUT2D eigenvalue weighted by atomic mass is 79.9. The number of nitrogen functional groups attached to an aromatic ring is 1. The van der Waals surface area contributed by atoms with Crippen molar-refractivity contribution in [2.24, 2.45) is 5.73 Å². The zero-order valence-electron chi connectivity index (χ0n) is 10.9. The van der Waals surface area contributed by atoms with Crippen LogP contribution in [0.3, 0.4) is 0 Å². The van der Waals surface area contributed by atoms with Crippen molar-refractivity contribution in [1.82, 2.24) is 4.98 Å². The molecule has 104 valence electrons. The monoisotopic (exact) mass is 352 g/mol. The molecule has 0 spiro atoms. The number of anilines is 1. The Hall–Kier alpha value is -1.59. The zero-order chi connectivity index (χ0) is 14.7. The van der Waals surface area contributed by atoms with Crippen LogP contribution in [0.2, 0.25) is 5.02 Å². The molecule has 0 unspecified atom stereocenters. The number of nitrogens with one attached hydrogen (secondary N) is 1. The second-order valence-electron chi connectivity index (χ2n) is 4.40. The highest BCUT2D eigenvalue weighted by molar-refractivity contribution is 9.10. The highest BCUT2D eigenvalue weighted by Crippen LogP contribution is 2.27. The van der Waals surface area contributed by atoms with Gasteiger partial charge in [-0.1, -0.05) is 39.7 Å². The molecule has 0 radical (unpaired) electrons. The minimum Gasteiger partial charge on any atom is -0.384 e. The van der Waals surface area contributed by atoms with E-state index in [0.717, 1.165) is 10.0 Å². The van der Waals surface area contributed by atoms with Crippen LogP contribution < -0.4 is 10.6 Å². The van der Waals surface area contributed by atoms with Crippen LogP contribution in [0.4, 0.5) is 5.82 Å². The van der Waals surface area contributed by atoms with Crippen LogP contribution in [-0.2, 0) is 6.54 Å². The molecule has 1 heterocycles. The number of rotatable bonds is 4. The van der Waals surface area contributed by atoms with Crippen molar-refractivity contribution in [1.29, 1.82) is 5.41 Å². The van der Waals surface area contributed by atoms with E-state index in [4.69, 9.17) is 22.7 Å². The molecule has 3 N–H and O–H groups in total. The minimum atomic E-state index is -0.0606. The van der Waals surface area contributed by atoms with Crippen LogP contribution in [0, 0.1) is 5.41 Å². The molecule has 0 aliphatic carbocycles. The molecule has 0 fully saturated rings. The van der Waals surface area contributed by atoms with E-state index in [-0.39, 0.29) is 5.84 Å². The van der Waals surface area contributed by atoms with Gasteiger partial charge in [0.05, 0.1) is 5.02 Å². The van der Waals surface area contributed by atoms with Crippen molar-refractivity contribution < 1.29 is 0 Å². The van der Waals surface area contributed by atoms with Crippen molar-refractivity contribution in [3.05, 3.63) is 57.2 Å². The fourth-order valence-corrected chi connectivity index (χ4v) is 2.70. The summed E-state index contributed by atoms with van der Waals surface area (Å²) in [6.07, 6.45) is 1.61. The quantitative estimate of drug-likeness (QED) is 0.654. The van der Waals surface area contributed by atoms with E-state index in [1.54, 1.807) is 12.3 Å². The van der Waals surface area contributed by atoms with Gasteiger partial charge in [-0.05, 0) is 23.8 Å². The van der Waals surface area contributed by atoms with Gasteiger partial charge in [0, 0.05) is 29.8 Å². The molecule has 1 aromatic carbocycles. The van der Waals surface area contributed by atoms with Gasteiger partial charge in [-0.2, -0.15) is 0 Å². The lowest BCUT2D eigenvalue weighted by Crippen LogP contribution is -2.20. The first-order valence-electron chi connectivity index (χ1n) is 5.93. The zero-order valence-corrected chi connectivity index (χ0v) is 13.2. The lowest BCUT2D eigenvalue weighted by molar-refractivity contribution is 0.897. The van der Waals surface area contributed by atoms with Crippen LogP contribution in [0.1, 0.15) is 11.1 Å². The molecule has 0 saturated heterocycles. The van der Waals surface area contributed by atoms with Gasteiger partial charge >= 0.3 is 0 Å². The molecule has 0 aliphatic rings. The molecule has 0 aliphatic heterocycles. The summed E-state index contributed by atoms with van der Waals surface area (Å²) in [5.41, 5.74) is 7.13. The smallest absolute Gasteiger partial charge is 0.148 e. The first-order chi connectivity index (χ1) is 9.49. The molecule has 20 heavy (non-hydrogen) atoms. The number of halogens is 2. The van der Waals surface area contributed by atoms with Crippen molar-refractivity contribution >= 4 is 39.2 Å². The Balaban J connectivity index is 2.28. The SMILES string of the molecule is CN(Cc1cccc(Br)c1)c1nccc(C(=N)N)c1Cl. The number of hydrogen-bond donors (Lipinski definition) is 2. The molecule has 0 amide bonds. The Labute approximate surface area is 131 Å². The molecule has 1 aromatic heterocycles. The van der Waals surface area contributed by atoms with Crippen molar-refractivity contribution in [2.75, 3.05) is 11.9 Å². The van der Waals surface area contributed by atoms with Gasteiger partial charge in [0.1, 0.15) is 11.7 Å². The van der Waals surface area contributed by atoms with Crippen LogP contribution >= 0.6 is 27.5 Å². The van der Waals surface area contributed by atoms with Crippen molar-refractivity contribution in [2.45, 2.75) is 6.54 Å². The van der Waals surface area contributed by atoms with Crippen molar-refractivity contribution in [3.63, 3.8) is 0 Å². The van der Waals surface area contributed by atoms with Gasteiger partial charge in [-0.25, -0.2) is 4.98 Å². The number of nitrogens with two attached hydrogens (primary N) is 1. The third-order valence-electron chi connectivity index (χ3n) is 2.83. The summed E-state index contributed by atoms with van der Waals surface area (Å²) in [4.78, 5) is 6.20. The predicted octanol–water partition coefficient (Wildman–Crippen LogP) is 3.42. The van der Waals surface area contributed by atoms with Gasteiger partial charge in [0.15, 0.2) is 0 Å². The van der Waals surface area contributed by atoms with Gasteiger partial charge in [-0.3, -0.25) is 5.41 Å². The largest absolute Gasteiger partial charge is 0.384 e. The maximum Gasteiger partial charge on any atom is 0.148 e. The lowest BCUT2D eigenvalue weighted by atomic mass is 10.2. The number of aromatic nitrogens is 1. The maximum absolute atomic E-state index is 7.50. The average molecular weight is 354 g/mol. The van der Waals surface area contributed by atoms with E-state index in [0.29, 0.717) is 22.9 Å². The van der Waals surface area contributed by atoms with Gasteiger partial charge in [0.25, 0.3) is 0 Å². The molecular formula is C14H14BrClN4. The predicted molar refractivity (Wildman–Crippen MR) is 86.5 cm³/mol. The second kappa shape index (κ2) is 6.24. The van der Waals surface area contributed by atoms with Crippen molar-refractivity contribution in [3.8, 4) is 0 Å². The summed E-state index contributed by atoms with van der Waals surface area (Å²) < 4.78 is 1.03. The van der Waals surface area contributed by atoms with E-state index < -0.39 is 0 Å². The van der Waals surface area contributed by atoms with Gasteiger partial charge in [0.2, 0.25) is 0 Å². The van der Waals surface area contributed by atoms with E-state index in [1.807, 2.05) is 36.2 Å². The van der Waals surface area contributed by atoms with Crippen LogP contribution in [0.15, 0.2) is 41.0 Å². The average Bonchev–Trinajstić information content (AvgIpc) is 2.38. The third-order valence-corrected chi connectivity index (χ3v) is 3.70. The number of benzene rings is 1. The molecule has 0 bridgehead atoms. The first kappa shape index (κ1) is 14.8. The number of pyridine rings is 1. The number of hydrogen-bond acceptors (Lipinski definition) is 3. The number of nitrogens with zero attached hydrogens (tertiary/aromatic N) is 2. The van der Waals surface area contributed by atoms with Crippen LogP contribution in [0.5, 0.6) is 0 Å². The van der Waals surface area contributed by atoms with E-state index in [1.165, 1.54) is 0 Å². The van der Waals surface area contributed by atoms with Gasteiger partial charge in [-0.15, -0.1) is 0 Å². The van der Waals surface area contributed by atoms with E-state index in [2.05, 4.69) is 20.9 Å². The topological polar surface area (TPSA) is 66.0 Å². The highest BCUT2D eigenvalue weighted by Gasteiger charge is 2.13.